The zero-order valence-electron chi connectivity index (χ0n) is 8.45. The van der Waals surface area contributed by atoms with Crippen molar-refractivity contribution in [1.82, 2.24) is 9.78 Å². The van der Waals surface area contributed by atoms with Crippen LogP contribution in [0.3, 0.4) is 0 Å². The molecule has 0 bridgehead atoms. The van der Waals surface area contributed by atoms with Crippen molar-refractivity contribution in [2.24, 2.45) is 12.8 Å². The number of nitrogens with zero attached hydrogens (tertiary/aromatic N) is 2. The average molecular weight is 199 g/mol. The summed E-state index contributed by atoms with van der Waals surface area (Å²) in [6, 6.07) is 2.11. The van der Waals surface area contributed by atoms with Gasteiger partial charge in [-0.1, -0.05) is 6.92 Å². The molecule has 3 nitrogen and oxygen atoms in total. The minimum absolute atomic E-state index is 0.569. The van der Waals surface area contributed by atoms with E-state index in [0.717, 1.165) is 18.7 Å². The van der Waals surface area contributed by atoms with Gasteiger partial charge in [0.1, 0.15) is 0 Å². The Kier molecular flexibility index (Phi) is 3.81. The molecule has 1 heterocycles. The molecule has 0 aromatic carbocycles. The van der Waals surface area contributed by atoms with Crippen LogP contribution in [0.2, 0.25) is 0 Å². The molecule has 0 spiro atoms. The fourth-order valence-electron chi connectivity index (χ4n) is 1.20. The molecular formula is C9H17N3S. The summed E-state index contributed by atoms with van der Waals surface area (Å²) >= 11 is 1.84. The van der Waals surface area contributed by atoms with Crippen molar-refractivity contribution in [1.29, 1.82) is 0 Å². The summed E-state index contributed by atoms with van der Waals surface area (Å²) in [5, 5.41) is 6.08. The standard InChI is InChI=1S/C9H17N3S/c1-7-6-9(12(3)11-7)13-8(2)4-5-10/h6,8H,4-5,10H2,1-3H3. The minimum Gasteiger partial charge on any atom is -0.330 e. The maximum Gasteiger partial charge on any atom is 0.0941 e. The Labute approximate surface area is 83.7 Å². The van der Waals surface area contributed by atoms with Gasteiger partial charge in [-0.25, -0.2) is 0 Å². The maximum absolute atomic E-state index is 5.49. The number of thioether (sulfide) groups is 1. The maximum atomic E-state index is 5.49. The number of aryl methyl sites for hydroxylation is 2. The van der Waals surface area contributed by atoms with Crippen LogP contribution in [-0.4, -0.2) is 21.6 Å². The van der Waals surface area contributed by atoms with E-state index < -0.39 is 0 Å². The average Bonchev–Trinajstić information content (AvgIpc) is 2.30. The van der Waals surface area contributed by atoms with Gasteiger partial charge in [-0.15, -0.1) is 11.8 Å². The molecule has 0 saturated carbocycles. The van der Waals surface area contributed by atoms with E-state index >= 15 is 0 Å². The van der Waals surface area contributed by atoms with E-state index in [1.165, 1.54) is 5.03 Å². The normalized spacial score (nSPS) is 13.2. The van der Waals surface area contributed by atoms with Crippen LogP contribution in [0.4, 0.5) is 0 Å². The van der Waals surface area contributed by atoms with E-state index in [4.69, 9.17) is 5.73 Å². The highest BCUT2D eigenvalue weighted by Gasteiger charge is 2.07. The lowest BCUT2D eigenvalue weighted by Gasteiger charge is -2.08. The highest BCUT2D eigenvalue weighted by atomic mass is 32.2. The second-order valence-electron chi connectivity index (χ2n) is 3.25. The molecule has 1 aromatic rings. The van der Waals surface area contributed by atoms with Gasteiger partial charge in [-0.05, 0) is 26.0 Å². The Balaban J connectivity index is 2.57. The number of hydrogen-bond acceptors (Lipinski definition) is 3. The summed E-state index contributed by atoms with van der Waals surface area (Å²) in [4.78, 5) is 0. The van der Waals surface area contributed by atoms with Gasteiger partial charge in [0.05, 0.1) is 10.7 Å². The summed E-state index contributed by atoms with van der Waals surface area (Å²) in [7, 11) is 1.98. The first kappa shape index (κ1) is 10.6. The summed E-state index contributed by atoms with van der Waals surface area (Å²) in [6.07, 6.45) is 1.05. The highest BCUT2D eigenvalue weighted by molar-refractivity contribution is 7.99. The summed E-state index contributed by atoms with van der Waals surface area (Å²) in [5.74, 6) is 0. The Morgan fingerprint density at radius 3 is 2.85 bits per heavy atom. The summed E-state index contributed by atoms with van der Waals surface area (Å²) in [5.41, 5.74) is 6.56. The van der Waals surface area contributed by atoms with Gasteiger partial charge in [0.25, 0.3) is 0 Å². The van der Waals surface area contributed by atoms with Gasteiger partial charge >= 0.3 is 0 Å². The highest BCUT2D eigenvalue weighted by Crippen LogP contribution is 2.24. The molecule has 1 aromatic heterocycles. The molecule has 74 valence electrons. The number of rotatable bonds is 4. The van der Waals surface area contributed by atoms with Crippen LogP contribution in [0, 0.1) is 6.92 Å². The quantitative estimate of drug-likeness (QED) is 0.748. The lowest BCUT2D eigenvalue weighted by Crippen LogP contribution is -2.07. The Morgan fingerprint density at radius 1 is 1.69 bits per heavy atom. The van der Waals surface area contributed by atoms with Crippen LogP contribution >= 0.6 is 11.8 Å². The van der Waals surface area contributed by atoms with Crippen LogP contribution in [0.25, 0.3) is 0 Å². The van der Waals surface area contributed by atoms with Crippen molar-refractivity contribution in [3.8, 4) is 0 Å². The van der Waals surface area contributed by atoms with Gasteiger partial charge in [0.2, 0.25) is 0 Å². The Bertz CT molecular complexity index is 270. The molecule has 0 fully saturated rings. The smallest absolute Gasteiger partial charge is 0.0941 e. The molecule has 1 atom stereocenters. The SMILES string of the molecule is Cc1cc(SC(C)CCN)n(C)n1. The van der Waals surface area contributed by atoms with E-state index in [9.17, 15) is 0 Å². The lowest BCUT2D eigenvalue weighted by atomic mass is 10.3. The van der Waals surface area contributed by atoms with Crippen LogP contribution in [0.1, 0.15) is 19.0 Å². The zero-order chi connectivity index (χ0) is 9.84. The van der Waals surface area contributed by atoms with E-state index in [-0.39, 0.29) is 0 Å². The second-order valence-corrected chi connectivity index (χ2v) is 4.71. The van der Waals surface area contributed by atoms with Crippen LogP contribution < -0.4 is 5.73 Å². The third kappa shape index (κ3) is 3.04. The minimum atomic E-state index is 0.569. The van der Waals surface area contributed by atoms with Gasteiger partial charge in [0.15, 0.2) is 0 Å². The fraction of sp³-hybridized carbons (Fsp3) is 0.667. The predicted molar refractivity (Wildman–Crippen MR) is 56.9 cm³/mol. The predicted octanol–water partition coefficient (Wildman–Crippen LogP) is 1.56. The summed E-state index contributed by atoms with van der Waals surface area (Å²) in [6.45, 7) is 4.96. The Hall–Kier alpha value is -0.480. The second kappa shape index (κ2) is 4.67. The zero-order valence-corrected chi connectivity index (χ0v) is 9.27. The number of hydrogen-bond donors (Lipinski definition) is 1. The lowest BCUT2D eigenvalue weighted by molar-refractivity contribution is 0.689. The molecular weight excluding hydrogens is 182 g/mol. The molecule has 0 amide bonds. The third-order valence-electron chi connectivity index (χ3n) is 1.85. The van der Waals surface area contributed by atoms with Crippen molar-refractivity contribution in [3.05, 3.63) is 11.8 Å². The molecule has 0 aliphatic rings. The molecule has 4 heteroatoms. The first-order chi connectivity index (χ1) is 6.13. The van der Waals surface area contributed by atoms with Gasteiger partial charge in [0, 0.05) is 12.3 Å². The number of aromatic nitrogens is 2. The topological polar surface area (TPSA) is 43.8 Å². The van der Waals surface area contributed by atoms with Crippen molar-refractivity contribution in [3.63, 3.8) is 0 Å². The molecule has 1 unspecified atom stereocenters. The largest absolute Gasteiger partial charge is 0.330 e. The van der Waals surface area contributed by atoms with E-state index in [1.54, 1.807) is 0 Å². The Morgan fingerprint density at radius 2 is 2.38 bits per heavy atom. The molecule has 0 saturated heterocycles. The molecule has 2 N–H and O–H groups in total. The molecule has 0 aliphatic carbocycles. The monoisotopic (exact) mass is 199 g/mol. The molecule has 0 aliphatic heterocycles. The van der Waals surface area contributed by atoms with Crippen LogP contribution in [0.15, 0.2) is 11.1 Å². The molecule has 0 radical (unpaired) electrons. The van der Waals surface area contributed by atoms with E-state index in [2.05, 4.69) is 18.1 Å². The van der Waals surface area contributed by atoms with Gasteiger partial charge in [-0.2, -0.15) is 5.10 Å². The first-order valence-corrected chi connectivity index (χ1v) is 5.39. The first-order valence-electron chi connectivity index (χ1n) is 4.51. The molecule has 13 heavy (non-hydrogen) atoms. The molecule has 1 rings (SSSR count). The third-order valence-corrected chi connectivity index (χ3v) is 3.12. The van der Waals surface area contributed by atoms with Crippen molar-refractivity contribution in [2.45, 2.75) is 30.5 Å². The van der Waals surface area contributed by atoms with Crippen LogP contribution in [0.5, 0.6) is 0 Å². The fourth-order valence-corrected chi connectivity index (χ4v) is 2.30. The van der Waals surface area contributed by atoms with E-state index in [1.807, 2.05) is 30.4 Å². The van der Waals surface area contributed by atoms with Crippen molar-refractivity contribution in [2.75, 3.05) is 6.54 Å². The van der Waals surface area contributed by atoms with Gasteiger partial charge in [-0.3, -0.25) is 4.68 Å². The van der Waals surface area contributed by atoms with Crippen molar-refractivity contribution < 1.29 is 0 Å². The number of nitrogens with two attached hydrogens (primary N) is 1. The van der Waals surface area contributed by atoms with Crippen LogP contribution in [-0.2, 0) is 7.05 Å². The summed E-state index contributed by atoms with van der Waals surface area (Å²) < 4.78 is 1.92. The van der Waals surface area contributed by atoms with E-state index in [0.29, 0.717) is 5.25 Å². The van der Waals surface area contributed by atoms with Crippen molar-refractivity contribution >= 4 is 11.8 Å². The van der Waals surface area contributed by atoms with Gasteiger partial charge < -0.3 is 5.73 Å².